The van der Waals surface area contributed by atoms with Crippen molar-refractivity contribution in [1.82, 2.24) is 5.32 Å². The minimum Gasteiger partial charge on any atom is -0.349 e. The minimum atomic E-state index is -4.13. The summed E-state index contributed by atoms with van der Waals surface area (Å²) >= 11 is 17.8. The monoisotopic (exact) mass is 372 g/mol. The second kappa shape index (κ2) is 6.71. The van der Waals surface area contributed by atoms with Gasteiger partial charge in [0.1, 0.15) is 4.90 Å². The van der Waals surface area contributed by atoms with Gasteiger partial charge in [0.2, 0.25) is 10.0 Å². The minimum absolute atomic E-state index is 0.118. The summed E-state index contributed by atoms with van der Waals surface area (Å²) in [6.45, 7) is 5.64. The molecule has 1 rings (SSSR count). The van der Waals surface area contributed by atoms with E-state index in [9.17, 15) is 13.2 Å². The van der Waals surface area contributed by atoms with Gasteiger partial charge in [-0.25, -0.2) is 13.6 Å². The normalized spacial score (nSPS) is 13.3. The van der Waals surface area contributed by atoms with E-state index in [1.807, 2.05) is 13.8 Å². The Balaban J connectivity index is 3.42. The maximum Gasteiger partial charge on any atom is 0.254 e. The summed E-state index contributed by atoms with van der Waals surface area (Å²) in [7, 11) is -4.13. The molecule has 0 aromatic heterocycles. The van der Waals surface area contributed by atoms with Gasteiger partial charge in [-0.2, -0.15) is 0 Å². The molecule has 0 radical (unpaired) electrons. The van der Waals surface area contributed by atoms with Crippen molar-refractivity contribution in [2.75, 3.05) is 0 Å². The van der Waals surface area contributed by atoms with Gasteiger partial charge in [0.25, 0.3) is 5.91 Å². The molecule has 0 heterocycles. The highest BCUT2D eigenvalue weighted by atomic mass is 35.5. The Bertz CT molecular complexity index is 675. The highest BCUT2D eigenvalue weighted by Crippen LogP contribution is 2.36. The summed E-state index contributed by atoms with van der Waals surface area (Å²) in [5.41, 5.74) is -0.206. The maximum absolute atomic E-state index is 12.3. The number of hydrogen-bond acceptors (Lipinski definition) is 3. The zero-order valence-corrected chi connectivity index (χ0v) is 14.7. The zero-order chi connectivity index (χ0) is 16.5. The SMILES string of the molecule is CC(C)C(C)NC(=O)c1c(Cl)c(Cl)cc(S(N)(=O)=O)c1Cl. The zero-order valence-electron chi connectivity index (χ0n) is 11.6. The lowest BCUT2D eigenvalue weighted by Gasteiger charge is -2.19. The number of benzene rings is 1. The van der Waals surface area contributed by atoms with Crippen LogP contribution in [0.25, 0.3) is 0 Å². The van der Waals surface area contributed by atoms with Crippen LogP contribution in [0.5, 0.6) is 0 Å². The number of hydrogen-bond donors (Lipinski definition) is 2. The number of halogens is 3. The van der Waals surface area contributed by atoms with E-state index >= 15 is 0 Å². The fourth-order valence-electron chi connectivity index (χ4n) is 1.43. The van der Waals surface area contributed by atoms with Crippen LogP contribution in [0.3, 0.4) is 0 Å². The van der Waals surface area contributed by atoms with Crippen molar-refractivity contribution in [3.8, 4) is 0 Å². The van der Waals surface area contributed by atoms with E-state index in [0.717, 1.165) is 6.07 Å². The second-order valence-corrected chi connectivity index (χ2v) is 7.60. The molecule has 1 atom stereocenters. The molecule has 0 aliphatic heterocycles. The highest BCUT2D eigenvalue weighted by Gasteiger charge is 2.26. The molecule has 5 nitrogen and oxygen atoms in total. The van der Waals surface area contributed by atoms with Gasteiger partial charge in [-0.05, 0) is 18.9 Å². The van der Waals surface area contributed by atoms with Crippen LogP contribution < -0.4 is 10.5 Å². The molecule has 118 valence electrons. The lowest BCUT2D eigenvalue weighted by Crippen LogP contribution is -2.36. The van der Waals surface area contributed by atoms with Crippen molar-refractivity contribution < 1.29 is 13.2 Å². The molecule has 1 aromatic carbocycles. The van der Waals surface area contributed by atoms with E-state index < -0.39 is 20.8 Å². The summed E-state index contributed by atoms with van der Waals surface area (Å²) in [5.74, 6) is -0.443. The molecule has 0 saturated heterocycles. The Hall–Kier alpha value is -0.530. The van der Waals surface area contributed by atoms with Crippen molar-refractivity contribution in [2.45, 2.75) is 31.7 Å². The molecular formula is C12H15Cl3N2O3S. The third kappa shape index (κ3) is 4.23. The Labute approximate surface area is 138 Å². The van der Waals surface area contributed by atoms with Crippen molar-refractivity contribution in [2.24, 2.45) is 11.1 Å². The van der Waals surface area contributed by atoms with Gasteiger partial charge >= 0.3 is 0 Å². The third-order valence-electron chi connectivity index (χ3n) is 3.02. The van der Waals surface area contributed by atoms with Crippen LogP contribution in [0, 0.1) is 5.92 Å². The highest BCUT2D eigenvalue weighted by molar-refractivity contribution is 7.89. The Kier molecular flexibility index (Phi) is 5.91. The quantitative estimate of drug-likeness (QED) is 0.795. The van der Waals surface area contributed by atoms with E-state index in [4.69, 9.17) is 39.9 Å². The first-order chi connectivity index (χ1) is 9.46. The van der Waals surface area contributed by atoms with Gasteiger partial charge in [-0.15, -0.1) is 0 Å². The average molecular weight is 374 g/mol. The summed E-state index contributed by atoms with van der Waals surface area (Å²) < 4.78 is 23.0. The number of nitrogens with one attached hydrogen (secondary N) is 1. The molecule has 0 bridgehead atoms. The van der Waals surface area contributed by atoms with E-state index in [2.05, 4.69) is 5.32 Å². The number of primary sulfonamides is 1. The van der Waals surface area contributed by atoms with Crippen molar-refractivity contribution in [3.63, 3.8) is 0 Å². The number of sulfonamides is 1. The van der Waals surface area contributed by atoms with E-state index in [0.29, 0.717) is 0 Å². The molecule has 1 unspecified atom stereocenters. The number of carbonyl (C=O) groups is 1. The predicted octanol–water partition coefficient (Wildman–Crippen LogP) is 3.07. The third-order valence-corrected chi connectivity index (χ3v) is 5.24. The summed E-state index contributed by atoms with van der Waals surface area (Å²) in [6, 6.07) is 0.853. The predicted molar refractivity (Wildman–Crippen MR) is 84.6 cm³/mol. The van der Waals surface area contributed by atoms with Gasteiger partial charge in [-0.3, -0.25) is 4.79 Å². The van der Waals surface area contributed by atoms with Gasteiger partial charge in [-0.1, -0.05) is 48.7 Å². The molecule has 1 amide bonds. The number of nitrogens with two attached hydrogens (primary N) is 1. The number of carbonyl (C=O) groups excluding carboxylic acids is 1. The molecule has 0 saturated carbocycles. The molecule has 0 fully saturated rings. The van der Waals surface area contributed by atoms with Crippen molar-refractivity contribution in [3.05, 3.63) is 26.7 Å². The first-order valence-electron chi connectivity index (χ1n) is 5.98. The van der Waals surface area contributed by atoms with E-state index in [-0.39, 0.29) is 32.6 Å². The average Bonchev–Trinajstić information content (AvgIpc) is 2.32. The fourth-order valence-corrected chi connectivity index (χ4v) is 3.18. The first-order valence-corrected chi connectivity index (χ1v) is 8.66. The van der Waals surface area contributed by atoms with Gasteiger partial charge in [0.15, 0.2) is 0 Å². The summed E-state index contributed by atoms with van der Waals surface area (Å²) in [4.78, 5) is 11.8. The van der Waals surface area contributed by atoms with Crippen LogP contribution in [0.1, 0.15) is 31.1 Å². The molecule has 1 aromatic rings. The molecule has 0 spiro atoms. The van der Waals surface area contributed by atoms with Gasteiger partial charge in [0, 0.05) is 6.04 Å². The second-order valence-electron chi connectivity index (χ2n) is 4.91. The van der Waals surface area contributed by atoms with Crippen LogP contribution in [0.4, 0.5) is 0 Å². The Morgan fingerprint density at radius 2 is 1.71 bits per heavy atom. The van der Waals surface area contributed by atoms with E-state index in [1.54, 1.807) is 6.92 Å². The first kappa shape index (κ1) is 18.5. The van der Waals surface area contributed by atoms with Crippen LogP contribution in [-0.4, -0.2) is 20.4 Å². The van der Waals surface area contributed by atoms with E-state index in [1.165, 1.54) is 0 Å². The maximum atomic E-state index is 12.3. The standard InChI is InChI=1S/C12H15Cl3N2O3S/c1-5(2)6(3)17-12(18)9-10(14)7(13)4-8(11(9)15)21(16,19)20/h4-6H,1-3H3,(H,17,18)(H2,16,19,20). The van der Waals surface area contributed by atoms with Crippen LogP contribution in [0.15, 0.2) is 11.0 Å². The van der Waals surface area contributed by atoms with Crippen LogP contribution in [0.2, 0.25) is 15.1 Å². The van der Waals surface area contributed by atoms with Crippen LogP contribution in [-0.2, 0) is 10.0 Å². The lowest BCUT2D eigenvalue weighted by atomic mass is 10.1. The summed E-state index contributed by atoms with van der Waals surface area (Å²) in [6.07, 6.45) is 0. The molecule has 0 aliphatic carbocycles. The number of rotatable bonds is 4. The topological polar surface area (TPSA) is 89.3 Å². The van der Waals surface area contributed by atoms with Crippen LogP contribution >= 0.6 is 34.8 Å². The summed E-state index contributed by atoms with van der Waals surface area (Å²) in [5, 5.41) is 7.14. The lowest BCUT2D eigenvalue weighted by molar-refractivity contribution is 0.0930. The molecule has 21 heavy (non-hydrogen) atoms. The number of amides is 1. The largest absolute Gasteiger partial charge is 0.349 e. The van der Waals surface area contributed by atoms with Crippen molar-refractivity contribution in [1.29, 1.82) is 0 Å². The molecule has 3 N–H and O–H groups in total. The van der Waals surface area contributed by atoms with Gasteiger partial charge in [0.05, 0.1) is 20.6 Å². The Morgan fingerprint density at radius 3 is 2.14 bits per heavy atom. The Morgan fingerprint density at radius 1 is 1.19 bits per heavy atom. The molecular weight excluding hydrogens is 359 g/mol. The van der Waals surface area contributed by atoms with Crippen molar-refractivity contribution >= 4 is 50.7 Å². The van der Waals surface area contributed by atoms with Gasteiger partial charge < -0.3 is 5.32 Å². The smallest absolute Gasteiger partial charge is 0.254 e. The molecule has 9 heteroatoms. The fraction of sp³-hybridized carbons (Fsp3) is 0.417. The molecule has 0 aliphatic rings.